The van der Waals surface area contributed by atoms with Gasteiger partial charge in [0.25, 0.3) is 0 Å². The summed E-state index contributed by atoms with van der Waals surface area (Å²) in [5.74, 6) is 0.736. The van der Waals surface area contributed by atoms with Crippen LogP contribution in [0.3, 0.4) is 0 Å². The third-order valence-corrected chi connectivity index (χ3v) is 4.17. The summed E-state index contributed by atoms with van der Waals surface area (Å²) < 4.78 is 7.17. The molecule has 5 heteroatoms. The minimum Gasteiger partial charge on any atom is -0.488 e. The van der Waals surface area contributed by atoms with Crippen LogP contribution < -0.4 is 4.74 Å². The highest BCUT2D eigenvalue weighted by Gasteiger charge is 2.26. The van der Waals surface area contributed by atoms with Crippen LogP contribution in [0.15, 0.2) is 21.1 Å². The number of aliphatic hydroxyl groups excluding tert-OH is 1. The molecule has 1 unspecified atom stereocenters. The molecule has 1 aromatic rings. The topological polar surface area (TPSA) is 49.7 Å². The first-order chi connectivity index (χ1) is 8.27. The molecule has 18 heavy (non-hydrogen) atoms. The van der Waals surface area contributed by atoms with Crippen molar-refractivity contribution in [2.24, 2.45) is 5.92 Å². The maximum Gasteiger partial charge on any atom is 0.147 e. The maximum atomic E-state index is 10.1. The molecule has 102 valence electrons. The average Bonchev–Trinajstić information content (AvgIpc) is 2.27. The molecule has 0 aromatic heterocycles. The first kappa shape index (κ1) is 16.0. The summed E-state index contributed by atoms with van der Waals surface area (Å²) in [7, 11) is 0. The lowest BCUT2D eigenvalue weighted by Crippen LogP contribution is -2.37. The van der Waals surface area contributed by atoms with Gasteiger partial charge in [0.05, 0.1) is 21.2 Å². The summed E-state index contributed by atoms with van der Waals surface area (Å²) in [6.07, 6.45) is 0. The molecular weight excluding hydrogens is 364 g/mol. The van der Waals surface area contributed by atoms with Crippen molar-refractivity contribution in [3.8, 4) is 5.75 Å². The van der Waals surface area contributed by atoms with Crippen molar-refractivity contribution in [2.75, 3.05) is 6.61 Å². The lowest BCUT2D eigenvalue weighted by Gasteiger charge is -2.28. The van der Waals surface area contributed by atoms with Crippen molar-refractivity contribution in [2.45, 2.75) is 33.0 Å². The van der Waals surface area contributed by atoms with Crippen LogP contribution in [0.2, 0.25) is 0 Å². The highest BCUT2D eigenvalue weighted by atomic mass is 79.9. The zero-order chi connectivity index (χ0) is 13.9. The molecule has 0 bridgehead atoms. The maximum absolute atomic E-state index is 10.1. The van der Waals surface area contributed by atoms with Gasteiger partial charge in [0.2, 0.25) is 0 Å². The fourth-order valence-corrected chi connectivity index (χ4v) is 2.74. The van der Waals surface area contributed by atoms with Crippen LogP contribution in [0.4, 0.5) is 0 Å². The van der Waals surface area contributed by atoms with Crippen molar-refractivity contribution < 1.29 is 14.9 Å². The van der Waals surface area contributed by atoms with E-state index in [0.29, 0.717) is 5.75 Å². The lowest BCUT2D eigenvalue weighted by atomic mass is 9.94. The number of hydrogen-bond acceptors (Lipinski definition) is 3. The minimum absolute atomic E-state index is 0.0266. The molecule has 1 rings (SSSR count). The summed E-state index contributed by atoms with van der Waals surface area (Å²) in [5.41, 5.74) is -0.0918. The third-order valence-electron chi connectivity index (χ3n) is 2.99. The monoisotopic (exact) mass is 380 g/mol. The van der Waals surface area contributed by atoms with E-state index in [1.165, 1.54) is 0 Å². The van der Waals surface area contributed by atoms with Crippen LogP contribution in [0.1, 0.15) is 26.3 Å². The van der Waals surface area contributed by atoms with Crippen molar-refractivity contribution in [3.63, 3.8) is 0 Å². The molecule has 1 aromatic carbocycles. The van der Waals surface area contributed by atoms with Gasteiger partial charge in [0, 0.05) is 0 Å². The molecule has 2 N–H and O–H groups in total. The smallest absolute Gasteiger partial charge is 0.147 e. The van der Waals surface area contributed by atoms with Gasteiger partial charge in [-0.15, -0.1) is 0 Å². The normalized spacial score (nSPS) is 14.7. The first-order valence-corrected chi connectivity index (χ1v) is 7.30. The van der Waals surface area contributed by atoms with Gasteiger partial charge in [0.1, 0.15) is 12.4 Å². The van der Waals surface area contributed by atoms with E-state index in [0.717, 1.165) is 14.5 Å². The Labute approximate surface area is 124 Å². The van der Waals surface area contributed by atoms with Crippen molar-refractivity contribution in [1.82, 2.24) is 0 Å². The molecule has 0 saturated heterocycles. The standard InChI is InChI=1S/C13H18Br2O3/c1-8(2)13(3,17)7-18-12-10(14)4-9(6-16)5-11(12)15/h4-5,8,16-17H,6-7H2,1-3H3. The molecule has 0 aliphatic rings. The van der Waals surface area contributed by atoms with Gasteiger partial charge >= 0.3 is 0 Å². The van der Waals surface area contributed by atoms with Crippen molar-refractivity contribution >= 4 is 31.9 Å². The van der Waals surface area contributed by atoms with Gasteiger partial charge in [-0.05, 0) is 62.4 Å². The quantitative estimate of drug-likeness (QED) is 0.820. The molecule has 0 aliphatic carbocycles. The zero-order valence-corrected chi connectivity index (χ0v) is 13.9. The largest absolute Gasteiger partial charge is 0.488 e. The molecule has 0 fully saturated rings. The van der Waals surface area contributed by atoms with Gasteiger partial charge in [0.15, 0.2) is 0 Å². The van der Waals surface area contributed by atoms with Crippen LogP contribution in [0.25, 0.3) is 0 Å². The van der Waals surface area contributed by atoms with Gasteiger partial charge in [-0.25, -0.2) is 0 Å². The van der Waals surface area contributed by atoms with E-state index in [1.54, 1.807) is 19.1 Å². The molecule has 0 spiro atoms. The number of hydrogen-bond donors (Lipinski definition) is 2. The zero-order valence-electron chi connectivity index (χ0n) is 10.7. The predicted octanol–water partition coefficient (Wildman–Crippen LogP) is 3.49. The van der Waals surface area contributed by atoms with Crippen molar-refractivity contribution in [3.05, 3.63) is 26.6 Å². The molecule has 0 saturated carbocycles. The summed E-state index contributed by atoms with van der Waals surface area (Å²) >= 11 is 6.79. The van der Waals surface area contributed by atoms with Gasteiger partial charge < -0.3 is 14.9 Å². The molecule has 1 atom stereocenters. The van der Waals surface area contributed by atoms with Gasteiger partial charge in [-0.2, -0.15) is 0 Å². The van der Waals surface area contributed by atoms with Crippen LogP contribution in [-0.2, 0) is 6.61 Å². The molecule has 0 heterocycles. The van der Waals surface area contributed by atoms with Crippen LogP contribution >= 0.6 is 31.9 Å². The van der Waals surface area contributed by atoms with E-state index < -0.39 is 5.60 Å². The predicted molar refractivity (Wildman–Crippen MR) is 78.7 cm³/mol. The summed E-state index contributed by atoms with van der Waals surface area (Å²) in [5, 5.41) is 19.2. The second-order valence-electron chi connectivity index (χ2n) is 4.85. The second kappa shape index (κ2) is 6.37. The Morgan fingerprint density at radius 3 is 2.17 bits per heavy atom. The molecule has 3 nitrogen and oxygen atoms in total. The van der Waals surface area contributed by atoms with Crippen LogP contribution in [-0.4, -0.2) is 22.4 Å². The summed E-state index contributed by atoms with van der Waals surface area (Å²) in [6.45, 7) is 5.83. The Kier molecular flexibility index (Phi) is 5.65. The first-order valence-electron chi connectivity index (χ1n) is 5.72. The average molecular weight is 382 g/mol. The second-order valence-corrected chi connectivity index (χ2v) is 6.56. The highest BCUT2D eigenvalue weighted by Crippen LogP contribution is 2.35. The van der Waals surface area contributed by atoms with Gasteiger partial charge in [-0.3, -0.25) is 0 Å². The van der Waals surface area contributed by atoms with E-state index in [-0.39, 0.29) is 19.1 Å². The Morgan fingerprint density at radius 2 is 1.78 bits per heavy atom. The summed E-state index contributed by atoms with van der Waals surface area (Å²) in [4.78, 5) is 0. The van der Waals surface area contributed by atoms with Crippen LogP contribution in [0.5, 0.6) is 5.75 Å². The Hall–Kier alpha value is -0.100. The molecule has 0 amide bonds. The third kappa shape index (κ3) is 3.95. The summed E-state index contributed by atoms with van der Waals surface area (Å²) in [6, 6.07) is 3.59. The van der Waals surface area contributed by atoms with Gasteiger partial charge in [-0.1, -0.05) is 13.8 Å². The number of rotatable bonds is 5. The number of aliphatic hydroxyl groups is 2. The van der Waals surface area contributed by atoms with Crippen LogP contribution in [0, 0.1) is 5.92 Å². The molecule has 0 radical (unpaired) electrons. The van der Waals surface area contributed by atoms with Crippen molar-refractivity contribution in [1.29, 1.82) is 0 Å². The highest BCUT2D eigenvalue weighted by molar-refractivity contribution is 9.11. The van der Waals surface area contributed by atoms with E-state index in [4.69, 9.17) is 9.84 Å². The minimum atomic E-state index is -0.880. The Morgan fingerprint density at radius 1 is 1.28 bits per heavy atom. The van der Waals surface area contributed by atoms with E-state index in [2.05, 4.69) is 31.9 Å². The van der Waals surface area contributed by atoms with E-state index in [1.807, 2.05) is 13.8 Å². The molecular formula is C13H18Br2O3. The fourth-order valence-electron chi connectivity index (χ4n) is 1.23. The Balaban J connectivity index is 2.86. The number of ether oxygens (including phenoxy) is 1. The Bertz CT molecular complexity index is 394. The van der Waals surface area contributed by atoms with E-state index >= 15 is 0 Å². The lowest BCUT2D eigenvalue weighted by molar-refractivity contribution is -0.0270. The van der Waals surface area contributed by atoms with E-state index in [9.17, 15) is 5.11 Å². The number of benzene rings is 1. The fraction of sp³-hybridized carbons (Fsp3) is 0.538. The SMILES string of the molecule is CC(C)C(C)(O)COc1c(Br)cc(CO)cc1Br. The molecule has 0 aliphatic heterocycles. The number of halogens is 2.